The average Bonchev–Trinajstić information content (AvgIpc) is 2.81. The van der Waals surface area contributed by atoms with Crippen molar-refractivity contribution in [2.75, 3.05) is 20.1 Å². The van der Waals surface area contributed by atoms with E-state index in [4.69, 9.17) is 0 Å². The van der Waals surface area contributed by atoms with Gasteiger partial charge in [0, 0.05) is 25.3 Å². The Bertz CT molecular complexity index is 560. The lowest BCUT2D eigenvalue weighted by atomic mass is 10.1. The molecule has 0 aromatic carbocycles. The third-order valence-corrected chi connectivity index (χ3v) is 4.04. The van der Waals surface area contributed by atoms with Gasteiger partial charge in [-0.15, -0.1) is 0 Å². The molecule has 0 aliphatic carbocycles. The highest BCUT2D eigenvalue weighted by molar-refractivity contribution is 5.42. The maximum atomic E-state index is 4.50. The van der Waals surface area contributed by atoms with Crippen LogP contribution in [0.1, 0.15) is 24.1 Å². The third kappa shape index (κ3) is 2.65. The molecular weight excluding hydrogens is 236 g/mol. The number of pyridine rings is 1. The number of likely N-dealkylation sites (N-methyl/N-ethyl adjacent to an activating group) is 1. The molecule has 1 atom stereocenters. The predicted molar refractivity (Wildman–Crippen MR) is 77.3 cm³/mol. The van der Waals surface area contributed by atoms with E-state index in [0.29, 0.717) is 6.04 Å². The summed E-state index contributed by atoms with van der Waals surface area (Å²) in [7, 11) is 2.06. The lowest BCUT2D eigenvalue weighted by molar-refractivity contribution is 0.186. The summed E-state index contributed by atoms with van der Waals surface area (Å²) < 4.78 is 2.20. The maximum Gasteiger partial charge on any atom is 0.137 e. The number of hydrogen-bond donors (Lipinski definition) is 1. The molecule has 19 heavy (non-hydrogen) atoms. The number of likely N-dealkylation sites (tertiary alicyclic amines) is 1. The van der Waals surface area contributed by atoms with Crippen molar-refractivity contribution >= 4 is 5.65 Å². The Morgan fingerprint density at radius 2 is 2.37 bits per heavy atom. The summed E-state index contributed by atoms with van der Waals surface area (Å²) in [5.74, 6) is 0. The van der Waals surface area contributed by atoms with E-state index in [1.54, 1.807) is 0 Å². The topological polar surface area (TPSA) is 32.6 Å². The standard InChI is InChI=1S/C15H22N4/c1-12-5-7-19-14(9-17-15(19)8-12)11-18-6-3-4-13(10-18)16-2/h5,7-9,13,16H,3-4,6,10-11H2,1-2H3. The van der Waals surface area contributed by atoms with E-state index in [9.17, 15) is 0 Å². The molecule has 0 spiro atoms. The van der Waals surface area contributed by atoms with Crippen LogP contribution in [0.3, 0.4) is 0 Å². The van der Waals surface area contributed by atoms with Crippen molar-refractivity contribution in [3.63, 3.8) is 0 Å². The Balaban J connectivity index is 1.77. The summed E-state index contributed by atoms with van der Waals surface area (Å²) in [5.41, 5.74) is 3.60. The molecule has 0 radical (unpaired) electrons. The third-order valence-electron chi connectivity index (χ3n) is 4.04. The zero-order valence-electron chi connectivity index (χ0n) is 11.8. The van der Waals surface area contributed by atoms with Crippen molar-refractivity contribution in [2.24, 2.45) is 0 Å². The van der Waals surface area contributed by atoms with Crippen LogP contribution in [-0.4, -0.2) is 40.5 Å². The number of piperidine rings is 1. The van der Waals surface area contributed by atoms with Gasteiger partial charge in [-0.1, -0.05) is 0 Å². The van der Waals surface area contributed by atoms with Crippen LogP contribution in [-0.2, 0) is 6.54 Å². The molecule has 102 valence electrons. The smallest absolute Gasteiger partial charge is 0.137 e. The van der Waals surface area contributed by atoms with Crippen LogP contribution < -0.4 is 5.32 Å². The fraction of sp³-hybridized carbons (Fsp3) is 0.533. The summed E-state index contributed by atoms with van der Waals surface area (Å²) in [5, 5.41) is 3.39. The number of nitrogens with zero attached hydrogens (tertiary/aromatic N) is 3. The normalized spacial score (nSPS) is 21.1. The van der Waals surface area contributed by atoms with Crippen molar-refractivity contribution in [2.45, 2.75) is 32.4 Å². The summed E-state index contributed by atoms with van der Waals surface area (Å²) in [6.07, 6.45) is 6.71. The molecule has 3 heterocycles. The van der Waals surface area contributed by atoms with E-state index in [1.807, 2.05) is 6.20 Å². The van der Waals surface area contributed by atoms with Crippen LogP contribution in [0.25, 0.3) is 5.65 Å². The average molecular weight is 258 g/mol. The number of aromatic nitrogens is 2. The Morgan fingerprint density at radius 3 is 3.21 bits per heavy atom. The van der Waals surface area contributed by atoms with Gasteiger partial charge in [0.25, 0.3) is 0 Å². The summed E-state index contributed by atoms with van der Waals surface area (Å²) in [6, 6.07) is 4.91. The minimum absolute atomic E-state index is 0.634. The number of imidazole rings is 1. The fourth-order valence-corrected chi connectivity index (χ4v) is 2.92. The van der Waals surface area contributed by atoms with Gasteiger partial charge in [-0.05, 0) is 51.1 Å². The molecule has 4 heteroatoms. The van der Waals surface area contributed by atoms with E-state index < -0.39 is 0 Å². The maximum absolute atomic E-state index is 4.50. The number of aryl methyl sites for hydroxylation is 1. The van der Waals surface area contributed by atoms with Gasteiger partial charge < -0.3 is 9.72 Å². The number of nitrogens with one attached hydrogen (secondary N) is 1. The lowest BCUT2D eigenvalue weighted by Crippen LogP contribution is -2.44. The monoisotopic (exact) mass is 258 g/mol. The Hall–Kier alpha value is -1.39. The Kier molecular flexibility index (Phi) is 3.53. The quantitative estimate of drug-likeness (QED) is 0.911. The molecule has 1 unspecified atom stereocenters. The van der Waals surface area contributed by atoms with Gasteiger partial charge >= 0.3 is 0 Å². The first-order valence-electron chi connectivity index (χ1n) is 7.08. The van der Waals surface area contributed by atoms with Crippen molar-refractivity contribution < 1.29 is 0 Å². The van der Waals surface area contributed by atoms with E-state index in [2.05, 4.69) is 51.9 Å². The highest BCUT2D eigenvalue weighted by Crippen LogP contribution is 2.15. The van der Waals surface area contributed by atoms with E-state index in [0.717, 1.165) is 18.7 Å². The van der Waals surface area contributed by atoms with Gasteiger partial charge in [0.2, 0.25) is 0 Å². The molecule has 2 aromatic heterocycles. The van der Waals surface area contributed by atoms with Crippen molar-refractivity contribution in [3.8, 4) is 0 Å². The van der Waals surface area contributed by atoms with Gasteiger partial charge in [-0.25, -0.2) is 4.98 Å². The van der Waals surface area contributed by atoms with Crippen LogP contribution in [0, 0.1) is 6.92 Å². The van der Waals surface area contributed by atoms with Crippen LogP contribution in [0.2, 0.25) is 0 Å². The molecule has 1 aliphatic heterocycles. The summed E-state index contributed by atoms with van der Waals surface area (Å²) in [6.45, 7) is 5.42. The van der Waals surface area contributed by atoms with Crippen molar-refractivity contribution in [1.29, 1.82) is 0 Å². The molecule has 0 saturated carbocycles. The zero-order chi connectivity index (χ0) is 13.2. The first kappa shape index (κ1) is 12.6. The van der Waals surface area contributed by atoms with Crippen LogP contribution in [0.5, 0.6) is 0 Å². The summed E-state index contributed by atoms with van der Waals surface area (Å²) >= 11 is 0. The Labute approximate surface area is 114 Å². The van der Waals surface area contributed by atoms with E-state index >= 15 is 0 Å². The van der Waals surface area contributed by atoms with E-state index in [-0.39, 0.29) is 0 Å². The molecule has 4 nitrogen and oxygen atoms in total. The van der Waals surface area contributed by atoms with Gasteiger partial charge in [0.05, 0.1) is 11.9 Å². The van der Waals surface area contributed by atoms with Crippen LogP contribution in [0.15, 0.2) is 24.5 Å². The lowest BCUT2D eigenvalue weighted by Gasteiger charge is -2.32. The van der Waals surface area contributed by atoms with Gasteiger partial charge in [-0.3, -0.25) is 4.90 Å². The molecule has 2 aromatic rings. The second-order valence-electron chi connectivity index (χ2n) is 5.54. The largest absolute Gasteiger partial charge is 0.316 e. The first-order chi connectivity index (χ1) is 9.26. The molecule has 0 bridgehead atoms. The Morgan fingerprint density at radius 1 is 1.47 bits per heavy atom. The minimum Gasteiger partial charge on any atom is -0.316 e. The zero-order valence-corrected chi connectivity index (χ0v) is 11.8. The van der Waals surface area contributed by atoms with E-state index in [1.165, 1.54) is 30.6 Å². The molecule has 0 amide bonds. The molecule has 1 fully saturated rings. The van der Waals surface area contributed by atoms with Crippen LogP contribution >= 0.6 is 0 Å². The van der Waals surface area contributed by atoms with Crippen LogP contribution in [0.4, 0.5) is 0 Å². The van der Waals surface area contributed by atoms with Gasteiger partial charge in [-0.2, -0.15) is 0 Å². The SMILES string of the molecule is CNC1CCCN(Cc2cnc3cc(C)ccn23)C1. The van der Waals surface area contributed by atoms with Gasteiger partial charge in [0.15, 0.2) is 0 Å². The number of hydrogen-bond acceptors (Lipinski definition) is 3. The summed E-state index contributed by atoms with van der Waals surface area (Å²) in [4.78, 5) is 7.03. The molecular formula is C15H22N4. The minimum atomic E-state index is 0.634. The molecule has 1 saturated heterocycles. The fourth-order valence-electron chi connectivity index (χ4n) is 2.92. The van der Waals surface area contributed by atoms with Gasteiger partial charge in [0.1, 0.15) is 5.65 Å². The van der Waals surface area contributed by atoms with Crippen molar-refractivity contribution in [1.82, 2.24) is 19.6 Å². The molecule has 3 rings (SSSR count). The first-order valence-corrected chi connectivity index (χ1v) is 7.08. The second-order valence-corrected chi connectivity index (χ2v) is 5.54. The number of rotatable bonds is 3. The highest BCUT2D eigenvalue weighted by atomic mass is 15.2. The molecule has 1 N–H and O–H groups in total. The second kappa shape index (κ2) is 5.31. The predicted octanol–water partition coefficient (Wildman–Crippen LogP) is 1.83. The van der Waals surface area contributed by atoms with Crippen molar-refractivity contribution in [3.05, 3.63) is 35.8 Å². The highest BCUT2D eigenvalue weighted by Gasteiger charge is 2.19. The number of fused-ring (bicyclic) bond motifs is 1. The molecule has 1 aliphatic rings.